The first-order valence-corrected chi connectivity index (χ1v) is 12.5. The molecule has 3 N–H and O–H groups in total. The molecule has 12 heteroatoms. The lowest BCUT2D eigenvalue weighted by Gasteiger charge is -2.36. The molecule has 1 aliphatic heterocycles. The zero-order chi connectivity index (χ0) is 28.6. The molecule has 0 aliphatic carbocycles. The van der Waals surface area contributed by atoms with Gasteiger partial charge in [-0.15, -0.1) is 0 Å². The maximum atomic E-state index is 13.4. The molecule has 1 fully saturated rings. The lowest BCUT2D eigenvalue weighted by Crippen LogP contribution is -2.49. The number of nitrogens with zero attached hydrogens (tertiary/aromatic N) is 3. The van der Waals surface area contributed by atoms with Crippen molar-refractivity contribution in [2.24, 2.45) is 0 Å². The number of hydrogen-bond acceptors (Lipinski definition) is 7. The number of carbonyl (C=O) groups excluding carboxylic acids is 3. The van der Waals surface area contributed by atoms with E-state index in [0.29, 0.717) is 48.7 Å². The normalized spacial score (nSPS) is 13.8. The highest BCUT2D eigenvalue weighted by Gasteiger charge is 2.25. The average molecular weight is 550 g/mol. The molecule has 4 rings (SSSR count). The number of amides is 3. The SMILES string of the molecule is COC(=O)N1CCN(c2ccc(C(=O)NC(CC(=O)O)c3ccc(F)cc3)cc2NC(=O)c2ccncc2)CC1. The number of halogens is 1. The molecule has 0 radical (unpaired) electrons. The van der Waals surface area contributed by atoms with E-state index in [9.17, 15) is 28.7 Å². The highest BCUT2D eigenvalue weighted by atomic mass is 19.1. The minimum Gasteiger partial charge on any atom is -0.481 e. The van der Waals surface area contributed by atoms with Crippen molar-refractivity contribution in [2.45, 2.75) is 12.5 Å². The number of nitrogens with one attached hydrogen (secondary N) is 2. The van der Waals surface area contributed by atoms with Gasteiger partial charge in [0.05, 0.1) is 30.9 Å². The van der Waals surface area contributed by atoms with E-state index in [1.165, 1.54) is 49.8 Å². The summed E-state index contributed by atoms with van der Waals surface area (Å²) in [6.07, 6.45) is 2.15. The van der Waals surface area contributed by atoms with Crippen molar-refractivity contribution in [3.8, 4) is 0 Å². The van der Waals surface area contributed by atoms with E-state index in [4.69, 9.17) is 4.74 Å². The van der Waals surface area contributed by atoms with Gasteiger partial charge in [0.1, 0.15) is 5.82 Å². The fourth-order valence-corrected chi connectivity index (χ4v) is 4.37. The Hall–Kier alpha value is -5.00. The van der Waals surface area contributed by atoms with Crippen LogP contribution in [0.5, 0.6) is 0 Å². The van der Waals surface area contributed by atoms with Gasteiger partial charge in [-0.2, -0.15) is 0 Å². The van der Waals surface area contributed by atoms with Crippen LogP contribution in [0.4, 0.5) is 20.6 Å². The number of ether oxygens (including phenoxy) is 1. The van der Waals surface area contributed by atoms with E-state index in [1.54, 1.807) is 29.2 Å². The summed E-state index contributed by atoms with van der Waals surface area (Å²) in [6, 6.07) is 12.2. The fraction of sp³-hybridized carbons (Fsp3) is 0.250. The number of methoxy groups -OCH3 is 1. The van der Waals surface area contributed by atoms with Gasteiger partial charge in [0, 0.05) is 49.7 Å². The van der Waals surface area contributed by atoms with Crippen molar-refractivity contribution in [2.75, 3.05) is 43.5 Å². The number of pyridine rings is 1. The molecule has 3 aromatic rings. The first kappa shape index (κ1) is 28.0. The van der Waals surface area contributed by atoms with Crippen LogP contribution < -0.4 is 15.5 Å². The molecule has 3 amide bonds. The van der Waals surface area contributed by atoms with Crippen molar-refractivity contribution < 1.29 is 33.4 Å². The van der Waals surface area contributed by atoms with Gasteiger partial charge in [0.25, 0.3) is 11.8 Å². The van der Waals surface area contributed by atoms with Gasteiger partial charge in [0.15, 0.2) is 0 Å². The zero-order valence-electron chi connectivity index (χ0n) is 21.7. The van der Waals surface area contributed by atoms with Crippen molar-refractivity contribution in [3.63, 3.8) is 0 Å². The summed E-state index contributed by atoms with van der Waals surface area (Å²) >= 11 is 0. The summed E-state index contributed by atoms with van der Waals surface area (Å²) in [6.45, 7) is 1.73. The number of carboxylic acids is 1. The molecule has 11 nitrogen and oxygen atoms in total. The van der Waals surface area contributed by atoms with Crippen LogP contribution in [0, 0.1) is 5.82 Å². The summed E-state index contributed by atoms with van der Waals surface area (Å²) < 4.78 is 18.2. The van der Waals surface area contributed by atoms with E-state index in [2.05, 4.69) is 15.6 Å². The topological polar surface area (TPSA) is 141 Å². The summed E-state index contributed by atoms with van der Waals surface area (Å²) in [5, 5.41) is 14.9. The number of carboxylic acid groups (broad SMARTS) is 1. The number of hydrogen-bond donors (Lipinski definition) is 3. The summed E-state index contributed by atoms with van der Waals surface area (Å²) in [5.74, 6) is -2.61. The molecular weight excluding hydrogens is 521 g/mol. The fourth-order valence-electron chi connectivity index (χ4n) is 4.37. The number of benzene rings is 2. The van der Waals surface area contributed by atoms with Gasteiger partial charge in [-0.25, -0.2) is 9.18 Å². The summed E-state index contributed by atoms with van der Waals surface area (Å²) in [5.41, 5.74) is 1.98. The van der Waals surface area contributed by atoms with Gasteiger partial charge < -0.3 is 30.3 Å². The Labute approximate surface area is 229 Å². The van der Waals surface area contributed by atoms with Crippen LogP contribution in [0.15, 0.2) is 67.0 Å². The Kier molecular flexibility index (Phi) is 8.89. The van der Waals surface area contributed by atoms with Crippen molar-refractivity contribution >= 4 is 35.3 Å². The van der Waals surface area contributed by atoms with Gasteiger partial charge >= 0.3 is 12.1 Å². The van der Waals surface area contributed by atoms with Crippen LogP contribution in [0.25, 0.3) is 0 Å². The first-order chi connectivity index (χ1) is 19.2. The molecule has 0 spiro atoms. The number of aliphatic carboxylic acids is 1. The molecule has 0 bridgehead atoms. The third-order valence-electron chi connectivity index (χ3n) is 6.46. The Morgan fingerprint density at radius 3 is 2.25 bits per heavy atom. The minimum absolute atomic E-state index is 0.180. The lowest BCUT2D eigenvalue weighted by molar-refractivity contribution is -0.137. The Morgan fingerprint density at radius 2 is 1.62 bits per heavy atom. The van der Waals surface area contributed by atoms with Crippen LogP contribution in [-0.2, 0) is 9.53 Å². The number of rotatable bonds is 8. The maximum Gasteiger partial charge on any atom is 0.409 e. The summed E-state index contributed by atoms with van der Waals surface area (Å²) in [4.78, 5) is 57.1. The molecule has 0 saturated carbocycles. The lowest BCUT2D eigenvalue weighted by atomic mass is 10.0. The highest BCUT2D eigenvalue weighted by molar-refractivity contribution is 6.07. The maximum absolute atomic E-state index is 13.4. The standard InChI is InChI=1S/C28H28FN5O6/c1-40-28(39)34-14-12-33(13-15-34)24-7-4-20(16-23(24)32-26(37)19-8-10-30-11-9-19)27(38)31-22(17-25(35)36)18-2-5-21(29)6-3-18/h2-11,16,22H,12-15,17H2,1H3,(H,31,38)(H,32,37)(H,35,36). The van der Waals surface area contributed by atoms with E-state index in [-0.39, 0.29) is 5.56 Å². The largest absolute Gasteiger partial charge is 0.481 e. The highest BCUT2D eigenvalue weighted by Crippen LogP contribution is 2.30. The smallest absolute Gasteiger partial charge is 0.409 e. The third kappa shape index (κ3) is 6.90. The van der Waals surface area contributed by atoms with Gasteiger partial charge in [-0.05, 0) is 48.0 Å². The van der Waals surface area contributed by atoms with Gasteiger partial charge in [0.2, 0.25) is 0 Å². The minimum atomic E-state index is -1.14. The molecule has 208 valence electrons. The molecule has 1 unspecified atom stereocenters. The predicted molar refractivity (Wildman–Crippen MR) is 144 cm³/mol. The Balaban J connectivity index is 1.60. The number of aromatic nitrogens is 1. The third-order valence-corrected chi connectivity index (χ3v) is 6.46. The Morgan fingerprint density at radius 1 is 0.950 bits per heavy atom. The quantitative estimate of drug-likeness (QED) is 0.389. The average Bonchev–Trinajstić information content (AvgIpc) is 2.97. The van der Waals surface area contributed by atoms with E-state index >= 15 is 0 Å². The van der Waals surface area contributed by atoms with E-state index in [0.717, 1.165) is 0 Å². The molecule has 1 aromatic heterocycles. The summed E-state index contributed by atoms with van der Waals surface area (Å²) in [7, 11) is 1.32. The van der Waals surface area contributed by atoms with Crippen LogP contribution in [0.1, 0.15) is 38.7 Å². The van der Waals surface area contributed by atoms with Crippen molar-refractivity contribution in [1.82, 2.24) is 15.2 Å². The second kappa shape index (κ2) is 12.7. The van der Waals surface area contributed by atoms with E-state index < -0.39 is 42.2 Å². The van der Waals surface area contributed by atoms with Crippen LogP contribution >= 0.6 is 0 Å². The van der Waals surface area contributed by atoms with E-state index in [1.807, 2.05) is 4.90 Å². The van der Waals surface area contributed by atoms with Crippen LogP contribution in [-0.4, -0.2) is 72.2 Å². The molecule has 40 heavy (non-hydrogen) atoms. The molecule has 1 aliphatic rings. The number of piperazine rings is 1. The number of anilines is 2. The monoisotopic (exact) mass is 549 g/mol. The predicted octanol–water partition coefficient (Wildman–Crippen LogP) is 3.31. The van der Waals surface area contributed by atoms with Crippen molar-refractivity contribution in [1.29, 1.82) is 0 Å². The second-order valence-corrected chi connectivity index (χ2v) is 9.04. The van der Waals surface area contributed by atoms with Crippen LogP contribution in [0.3, 0.4) is 0 Å². The molecular formula is C28H28FN5O6. The first-order valence-electron chi connectivity index (χ1n) is 12.5. The van der Waals surface area contributed by atoms with Crippen molar-refractivity contribution in [3.05, 3.63) is 89.5 Å². The zero-order valence-corrected chi connectivity index (χ0v) is 21.7. The van der Waals surface area contributed by atoms with Crippen LogP contribution in [0.2, 0.25) is 0 Å². The molecule has 2 aromatic carbocycles. The number of carbonyl (C=O) groups is 4. The molecule has 1 saturated heterocycles. The van der Waals surface area contributed by atoms with Gasteiger partial charge in [-0.1, -0.05) is 12.1 Å². The second-order valence-electron chi connectivity index (χ2n) is 9.04. The molecule has 2 heterocycles. The van der Waals surface area contributed by atoms with Gasteiger partial charge in [-0.3, -0.25) is 19.4 Å². The Bertz CT molecular complexity index is 1380. The molecule has 1 atom stereocenters.